The van der Waals surface area contributed by atoms with Gasteiger partial charge in [0, 0.05) is 18.5 Å². The number of aromatic nitrogens is 2. The van der Waals surface area contributed by atoms with E-state index in [1.165, 1.54) is 6.20 Å². The van der Waals surface area contributed by atoms with Crippen LogP contribution in [0.4, 0.5) is 5.95 Å². The number of ketones is 1. The Labute approximate surface area is 182 Å². The van der Waals surface area contributed by atoms with E-state index < -0.39 is 0 Å². The molecule has 0 fully saturated rings. The van der Waals surface area contributed by atoms with Gasteiger partial charge in [-0.2, -0.15) is 0 Å². The Bertz CT molecular complexity index is 947. The van der Waals surface area contributed by atoms with Crippen LogP contribution in [-0.2, 0) is 11.2 Å². The van der Waals surface area contributed by atoms with E-state index in [0.29, 0.717) is 41.3 Å². The number of methoxy groups -OCH3 is 3. The van der Waals surface area contributed by atoms with Crippen LogP contribution in [0.5, 0.6) is 17.2 Å². The van der Waals surface area contributed by atoms with Gasteiger partial charge in [-0.15, -0.1) is 0 Å². The summed E-state index contributed by atoms with van der Waals surface area (Å²) in [6, 6.07) is 3.72. The Hall–Kier alpha value is -3.16. The molecule has 8 nitrogen and oxygen atoms in total. The van der Waals surface area contributed by atoms with Crippen molar-refractivity contribution < 1.29 is 23.8 Å². The minimum absolute atomic E-state index is 0.0297. The summed E-state index contributed by atoms with van der Waals surface area (Å²) in [7, 11) is 4.67. The first-order valence-electron chi connectivity index (χ1n) is 10.4. The van der Waals surface area contributed by atoms with Gasteiger partial charge in [0.1, 0.15) is 0 Å². The van der Waals surface area contributed by atoms with E-state index in [9.17, 15) is 9.59 Å². The monoisotopic (exact) mass is 427 g/mol. The number of amides is 1. The fraction of sp³-hybridized carbons (Fsp3) is 0.478. The SMILES string of the molecule is CCC(CC)C(=O)Nc1ncc2c(n1)C[C@H](c1cc(OC)c(OC)c(OC)c1)CC2=O. The van der Waals surface area contributed by atoms with Crippen molar-refractivity contribution >= 4 is 17.6 Å². The highest BCUT2D eigenvalue weighted by atomic mass is 16.5. The van der Waals surface area contributed by atoms with Crippen molar-refractivity contribution in [2.75, 3.05) is 26.6 Å². The molecule has 1 aliphatic carbocycles. The van der Waals surface area contributed by atoms with Crippen molar-refractivity contribution in [3.63, 3.8) is 0 Å². The van der Waals surface area contributed by atoms with Gasteiger partial charge < -0.3 is 14.2 Å². The fourth-order valence-electron chi connectivity index (χ4n) is 3.95. The average Bonchev–Trinajstić information content (AvgIpc) is 2.78. The highest BCUT2D eigenvalue weighted by molar-refractivity contribution is 5.99. The standard InChI is InChI=1S/C23H29N3O5/c1-6-13(7-2)22(28)26-23-24-12-16-17(25-23)8-14(9-18(16)27)15-10-19(29-3)21(31-5)20(11-15)30-4/h10-14H,6-9H2,1-5H3,(H,24,25,26,28)/t14-/m0/s1. The number of ether oxygens (including phenoxy) is 3. The Balaban J connectivity index is 1.90. The molecule has 3 rings (SSSR count). The summed E-state index contributed by atoms with van der Waals surface area (Å²) in [6.45, 7) is 3.95. The predicted molar refractivity (Wildman–Crippen MR) is 116 cm³/mol. The molecule has 0 bridgehead atoms. The van der Waals surface area contributed by atoms with Crippen molar-refractivity contribution in [3.05, 3.63) is 35.2 Å². The third-order valence-corrected chi connectivity index (χ3v) is 5.79. The first-order valence-corrected chi connectivity index (χ1v) is 10.4. The molecule has 1 atom stereocenters. The lowest BCUT2D eigenvalue weighted by molar-refractivity contribution is -0.120. The van der Waals surface area contributed by atoms with Gasteiger partial charge in [-0.25, -0.2) is 9.97 Å². The quantitative estimate of drug-likeness (QED) is 0.684. The predicted octanol–water partition coefficient (Wildman–Crippen LogP) is 3.79. The van der Waals surface area contributed by atoms with E-state index in [1.54, 1.807) is 21.3 Å². The zero-order chi connectivity index (χ0) is 22.5. The molecular weight excluding hydrogens is 398 g/mol. The highest BCUT2D eigenvalue weighted by Crippen LogP contribution is 2.42. The molecule has 1 aromatic heterocycles. The van der Waals surface area contributed by atoms with E-state index in [-0.39, 0.29) is 29.5 Å². The van der Waals surface area contributed by atoms with Gasteiger partial charge in [0.15, 0.2) is 17.3 Å². The number of hydrogen-bond acceptors (Lipinski definition) is 7. The van der Waals surface area contributed by atoms with Crippen LogP contribution in [0, 0.1) is 5.92 Å². The molecule has 0 spiro atoms. The van der Waals surface area contributed by atoms with Crippen LogP contribution in [0.3, 0.4) is 0 Å². The highest BCUT2D eigenvalue weighted by Gasteiger charge is 2.30. The summed E-state index contributed by atoms with van der Waals surface area (Å²) in [5.41, 5.74) is 2.03. The van der Waals surface area contributed by atoms with Crippen LogP contribution in [0.15, 0.2) is 18.3 Å². The third kappa shape index (κ3) is 4.62. The summed E-state index contributed by atoms with van der Waals surface area (Å²) in [5.74, 6) is 1.48. The molecule has 166 valence electrons. The second kappa shape index (κ2) is 9.76. The molecule has 0 saturated carbocycles. The van der Waals surface area contributed by atoms with Crippen molar-refractivity contribution in [2.24, 2.45) is 5.92 Å². The van der Waals surface area contributed by atoms with Gasteiger partial charge >= 0.3 is 0 Å². The molecule has 8 heteroatoms. The topological polar surface area (TPSA) is 99.6 Å². The van der Waals surface area contributed by atoms with Crippen LogP contribution in [0.2, 0.25) is 0 Å². The van der Waals surface area contributed by atoms with E-state index >= 15 is 0 Å². The number of anilines is 1. The van der Waals surface area contributed by atoms with E-state index in [2.05, 4.69) is 15.3 Å². The lowest BCUT2D eigenvalue weighted by Crippen LogP contribution is -2.25. The summed E-state index contributed by atoms with van der Waals surface area (Å²) < 4.78 is 16.3. The number of hydrogen-bond donors (Lipinski definition) is 1. The summed E-state index contributed by atoms with van der Waals surface area (Å²) in [6.07, 6.45) is 3.87. The molecule has 1 heterocycles. The largest absolute Gasteiger partial charge is 0.493 e. The maximum absolute atomic E-state index is 12.8. The first kappa shape index (κ1) is 22.5. The average molecular weight is 428 g/mol. The number of rotatable bonds is 8. The lowest BCUT2D eigenvalue weighted by atomic mass is 9.82. The van der Waals surface area contributed by atoms with E-state index in [4.69, 9.17) is 14.2 Å². The molecule has 1 aromatic carbocycles. The Morgan fingerprint density at radius 2 is 1.74 bits per heavy atom. The third-order valence-electron chi connectivity index (χ3n) is 5.79. The maximum atomic E-state index is 12.8. The second-order valence-corrected chi connectivity index (χ2v) is 7.54. The summed E-state index contributed by atoms with van der Waals surface area (Å²) in [4.78, 5) is 33.9. The fourth-order valence-corrected chi connectivity index (χ4v) is 3.95. The van der Waals surface area contributed by atoms with Gasteiger partial charge in [0.05, 0.1) is 32.6 Å². The van der Waals surface area contributed by atoms with Gasteiger partial charge in [-0.1, -0.05) is 13.8 Å². The first-order chi connectivity index (χ1) is 14.9. The normalized spacial score (nSPS) is 15.4. The van der Waals surface area contributed by atoms with Crippen LogP contribution >= 0.6 is 0 Å². The van der Waals surface area contributed by atoms with Gasteiger partial charge in [-0.3, -0.25) is 14.9 Å². The molecule has 31 heavy (non-hydrogen) atoms. The minimum Gasteiger partial charge on any atom is -0.493 e. The van der Waals surface area contributed by atoms with Gasteiger partial charge in [0.2, 0.25) is 17.6 Å². The number of nitrogens with one attached hydrogen (secondary N) is 1. The zero-order valence-corrected chi connectivity index (χ0v) is 18.7. The molecule has 0 saturated heterocycles. The number of benzene rings is 1. The van der Waals surface area contributed by atoms with Crippen molar-refractivity contribution in [1.29, 1.82) is 0 Å². The number of carbonyl (C=O) groups is 2. The number of Topliss-reactive ketones (excluding diaryl/α,β-unsaturated/α-hetero) is 1. The van der Waals surface area contributed by atoms with E-state index in [0.717, 1.165) is 18.4 Å². The van der Waals surface area contributed by atoms with Crippen LogP contribution < -0.4 is 19.5 Å². The Morgan fingerprint density at radius 3 is 2.29 bits per heavy atom. The Morgan fingerprint density at radius 1 is 1.10 bits per heavy atom. The molecule has 1 aliphatic rings. The van der Waals surface area contributed by atoms with Crippen molar-refractivity contribution in [1.82, 2.24) is 9.97 Å². The maximum Gasteiger partial charge on any atom is 0.229 e. The smallest absolute Gasteiger partial charge is 0.229 e. The number of fused-ring (bicyclic) bond motifs is 1. The van der Waals surface area contributed by atoms with Crippen molar-refractivity contribution in [3.8, 4) is 17.2 Å². The zero-order valence-electron chi connectivity index (χ0n) is 18.7. The van der Waals surface area contributed by atoms with Crippen LogP contribution in [0.1, 0.15) is 60.6 Å². The minimum atomic E-state index is -0.105. The number of nitrogens with zero attached hydrogens (tertiary/aromatic N) is 2. The molecule has 1 amide bonds. The lowest BCUT2D eigenvalue weighted by Gasteiger charge is -2.25. The molecule has 0 unspecified atom stereocenters. The molecule has 0 radical (unpaired) electrons. The van der Waals surface area contributed by atoms with Crippen LogP contribution in [-0.4, -0.2) is 43.0 Å². The Kier molecular flexibility index (Phi) is 7.09. The van der Waals surface area contributed by atoms with Crippen molar-refractivity contribution in [2.45, 2.75) is 45.4 Å². The van der Waals surface area contributed by atoms with Gasteiger partial charge in [0.25, 0.3) is 0 Å². The summed E-state index contributed by atoms with van der Waals surface area (Å²) >= 11 is 0. The number of carbonyl (C=O) groups excluding carboxylic acids is 2. The molecule has 0 aliphatic heterocycles. The molecular formula is C23H29N3O5. The van der Waals surface area contributed by atoms with Crippen LogP contribution in [0.25, 0.3) is 0 Å². The second-order valence-electron chi connectivity index (χ2n) is 7.54. The molecule has 1 N–H and O–H groups in total. The summed E-state index contributed by atoms with van der Waals surface area (Å²) in [5, 5.41) is 2.79. The van der Waals surface area contributed by atoms with Gasteiger partial charge in [-0.05, 0) is 42.9 Å². The van der Waals surface area contributed by atoms with E-state index in [1.807, 2.05) is 26.0 Å². The molecule has 2 aromatic rings.